The van der Waals surface area contributed by atoms with E-state index in [1.165, 1.54) is 16.3 Å². The van der Waals surface area contributed by atoms with Crippen molar-refractivity contribution in [2.45, 2.75) is 58.7 Å². The first-order valence-corrected chi connectivity index (χ1v) is 10.6. The monoisotopic (exact) mass is 518 g/mol. The molecule has 1 unspecified atom stereocenters. The molecule has 30 heavy (non-hydrogen) atoms. The topological polar surface area (TPSA) is 67.1 Å². The molecule has 160 valence electrons. The van der Waals surface area contributed by atoms with Gasteiger partial charge in [0.15, 0.2) is 11.8 Å². The van der Waals surface area contributed by atoms with E-state index < -0.39 is 0 Å². The molecule has 0 radical (unpaired) electrons. The van der Waals surface area contributed by atoms with E-state index >= 15 is 0 Å². The van der Waals surface area contributed by atoms with E-state index in [9.17, 15) is 0 Å². The summed E-state index contributed by atoms with van der Waals surface area (Å²) in [6.07, 6.45) is 1.98. The SMILES string of the molecule is CCNC(=NCc1cccc2ccccc12)NC1CCc2nc(C(C)C)nn2C1.I. The Bertz CT molecular complexity index is 1000. The fourth-order valence-electron chi connectivity index (χ4n) is 3.80. The summed E-state index contributed by atoms with van der Waals surface area (Å²) in [5, 5.41) is 14.2. The van der Waals surface area contributed by atoms with Gasteiger partial charge in [0, 0.05) is 24.9 Å². The smallest absolute Gasteiger partial charge is 0.191 e. The molecule has 1 aliphatic rings. The van der Waals surface area contributed by atoms with E-state index in [-0.39, 0.29) is 24.0 Å². The first-order chi connectivity index (χ1) is 14.1. The molecule has 6 nitrogen and oxygen atoms in total. The Morgan fingerprint density at radius 1 is 1.20 bits per heavy atom. The van der Waals surface area contributed by atoms with Crippen LogP contribution in [-0.4, -0.2) is 33.3 Å². The quantitative estimate of drug-likeness (QED) is 0.301. The van der Waals surface area contributed by atoms with Gasteiger partial charge in [0.05, 0.1) is 13.1 Å². The van der Waals surface area contributed by atoms with Gasteiger partial charge in [-0.25, -0.2) is 14.7 Å². The number of nitrogens with one attached hydrogen (secondary N) is 2. The first-order valence-electron chi connectivity index (χ1n) is 10.6. The third-order valence-electron chi connectivity index (χ3n) is 5.36. The number of benzene rings is 2. The van der Waals surface area contributed by atoms with E-state index in [2.05, 4.69) is 88.6 Å². The van der Waals surface area contributed by atoms with Crippen molar-refractivity contribution in [3.8, 4) is 0 Å². The Labute approximate surface area is 195 Å². The highest BCUT2D eigenvalue weighted by atomic mass is 127. The number of nitrogens with zero attached hydrogens (tertiary/aromatic N) is 4. The number of guanidine groups is 1. The summed E-state index contributed by atoms with van der Waals surface area (Å²) < 4.78 is 2.06. The van der Waals surface area contributed by atoms with E-state index in [0.29, 0.717) is 18.5 Å². The number of halogens is 1. The van der Waals surface area contributed by atoms with Crippen molar-refractivity contribution in [1.82, 2.24) is 25.4 Å². The van der Waals surface area contributed by atoms with Crippen LogP contribution < -0.4 is 10.6 Å². The normalized spacial score (nSPS) is 16.3. The fourth-order valence-corrected chi connectivity index (χ4v) is 3.80. The lowest BCUT2D eigenvalue weighted by Gasteiger charge is -2.25. The minimum absolute atomic E-state index is 0. The summed E-state index contributed by atoms with van der Waals surface area (Å²) in [7, 11) is 0. The van der Waals surface area contributed by atoms with Crippen LogP contribution in [0.1, 0.15) is 50.3 Å². The van der Waals surface area contributed by atoms with Gasteiger partial charge in [0.1, 0.15) is 5.82 Å². The lowest BCUT2D eigenvalue weighted by molar-refractivity contribution is 0.391. The van der Waals surface area contributed by atoms with Gasteiger partial charge in [-0.1, -0.05) is 56.3 Å². The van der Waals surface area contributed by atoms with Crippen molar-refractivity contribution < 1.29 is 0 Å². The van der Waals surface area contributed by atoms with Crippen molar-refractivity contribution in [2.24, 2.45) is 4.99 Å². The van der Waals surface area contributed by atoms with Crippen LogP contribution in [0.15, 0.2) is 47.5 Å². The molecule has 1 atom stereocenters. The Hall–Kier alpha value is -2.16. The molecule has 0 saturated heterocycles. The van der Waals surface area contributed by atoms with Crippen molar-refractivity contribution in [1.29, 1.82) is 0 Å². The number of aryl methyl sites for hydroxylation is 1. The second-order valence-corrected chi connectivity index (χ2v) is 7.94. The van der Waals surface area contributed by atoms with Gasteiger partial charge in [0.25, 0.3) is 0 Å². The van der Waals surface area contributed by atoms with Gasteiger partial charge in [-0.15, -0.1) is 24.0 Å². The fraction of sp³-hybridized carbons (Fsp3) is 0.435. The predicted molar refractivity (Wildman–Crippen MR) is 134 cm³/mol. The van der Waals surface area contributed by atoms with Crippen LogP contribution in [0.2, 0.25) is 0 Å². The molecule has 2 N–H and O–H groups in total. The summed E-state index contributed by atoms with van der Waals surface area (Å²) in [4.78, 5) is 9.55. The van der Waals surface area contributed by atoms with Crippen LogP contribution in [0, 0.1) is 0 Å². The van der Waals surface area contributed by atoms with Gasteiger partial charge in [0.2, 0.25) is 0 Å². The van der Waals surface area contributed by atoms with Crippen molar-refractivity contribution in [3.05, 3.63) is 59.7 Å². The Balaban J connectivity index is 0.00000256. The van der Waals surface area contributed by atoms with Crippen molar-refractivity contribution in [2.75, 3.05) is 6.54 Å². The van der Waals surface area contributed by atoms with Gasteiger partial charge in [-0.3, -0.25) is 0 Å². The lowest BCUT2D eigenvalue weighted by atomic mass is 10.0. The third kappa shape index (κ3) is 5.11. The predicted octanol–water partition coefficient (Wildman–Crippen LogP) is 4.24. The van der Waals surface area contributed by atoms with E-state index in [0.717, 1.165) is 43.5 Å². The summed E-state index contributed by atoms with van der Waals surface area (Å²) in [6.45, 7) is 8.68. The van der Waals surface area contributed by atoms with Gasteiger partial charge in [-0.05, 0) is 29.7 Å². The first kappa shape index (κ1) is 22.5. The number of fused-ring (bicyclic) bond motifs is 2. The molecular weight excluding hydrogens is 487 g/mol. The molecule has 1 aliphatic heterocycles. The summed E-state index contributed by atoms with van der Waals surface area (Å²) in [5.74, 6) is 3.26. The molecule has 2 aromatic carbocycles. The Morgan fingerprint density at radius 3 is 2.80 bits per heavy atom. The zero-order valence-corrected chi connectivity index (χ0v) is 20.3. The van der Waals surface area contributed by atoms with Crippen molar-refractivity contribution in [3.63, 3.8) is 0 Å². The number of hydrogen-bond acceptors (Lipinski definition) is 3. The zero-order chi connectivity index (χ0) is 20.2. The molecule has 0 bridgehead atoms. The number of rotatable bonds is 5. The average molecular weight is 518 g/mol. The molecular formula is C23H31IN6. The zero-order valence-electron chi connectivity index (χ0n) is 17.9. The highest BCUT2D eigenvalue weighted by Gasteiger charge is 2.23. The van der Waals surface area contributed by atoms with E-state index in [1.54, 1.807) is 0 Å². The molecule has 7 heteroatoms. The average Bonchev–Trinajstić information content (AvgIpc) is 3.16. The molecule has 0 aliphatic carbocycles. The molecule has 0 saturated carbocycles. The standard InChI is InChI=1S/C23H30N6.HI/c1-4-24-23(25-14-18-10-7-9-17-8-5-6-11-20(17)18)26-19-12-13-21-27-22(16(2)3)28-29(21)15-19;/h5-11,16,19H,4,12-15H2,1-3H3,(H2,24,25,26);1H. The maximum Gasteiger partial charge on any atom is 0.191 e. The number of aromatic nitrogens is 3. The Kier molecular flexibility index (Phi) is 7.69. The van der Waals surface area contributed by atoms with Gasteiger partial charge in [-0.2, -0.15) is 5.10 Å². The van der Waals surface area contributed by atoms with Gasteiger partial charge < -0.3 is 10.6 Å². The molecule has 0 amide bonds. The maximum absolute atomic E-state index is 4.87. The van der Waals surface area contributed by atoms with Crippen LogP contribution in [0.3, 0.4) is 0 Å². The van der Waals surface area contributed by atoms with Gasteiger partial charge >= 0.3 is 0 Å². The van der Waals surface area contributed by atoms with Crippen LogP contribution in [0.5, 0.6) is 0 Å². The van der Waals surface area contributed by atoms with E-state index in [1.807, 2.05) is 0 Å². The van der Waals surface area contributed by atoms with Crippen LogP contribution in [0.4, 0.5) is 0 Å². The largest absolute Gasteiger partial charge is 0.357 e. The molecule has 2 heterocycles. The van der Waals surface area contributed by atoms with Crippen LogP contribution in [0.25, 0.3) is 10.8 Å². The highest BCUT2D eigenvalue weighted by molar-refractivity contribution is 14.0. The summed E-state index contributed by atoms with van der Waals surface area (Å²) in [6, 6.07) is 15.2. The minimum Gasteiger partial charge on any atom is -0.357 e. The lowest BCUT2D eigenvalue weighted by Crippen LogP contribution is -2.47. The molecule has 1 aromatic heterocycles. The second-order valence-electron chi connectivity index (χ2n) is 7.94. The third-order valence-corrected chi connectivity index (χ3v) is 5.36. The number of aliphatic imine (C=N–C) groups is 1. The Morgan fingerprint density at radius 2 is 2.00 bits per heavy atom. The molecule has 4 rings (SSSR count). The van der Waals surface area contributed by atoms with Crippen molar-refractivity contribution >= 4 is 40.7 Å². The molecule has 3 aromatic rings. The maximum atomic E-state index is 4.87. The number of hydrogen-bond donors (Lipinski definition) is 2. The molecule has 0 fully saturated rings. The minimum atomic E-state index is 0. The summed E-state index contributed by atoms with van der Waals surface area (Å²) >= 11 is 0. The summed E-state index contributed by atoms with van der Waals surface area (Å²) in [5.41, 5.74) is 1.24. The molecule has 0 spiro atoms. The second kappa shape index (κ2) is 10.2. The van der Waals surface area contributed by atoms with Crippen LogP contribution >= 0.6 is 24.0 Å². The van der Waals surface area contributed by atoms with Crippen LogP contribution in [-0.2, 0) is 19.5 Å². The highest BCUT2D eigenvalue weighted by Crippen LogP contribution is 2.19. The van der Waals surface area contributed by atoms with E-state index in [4.69, 9.17) is 4.99 Å².